The molecule has 0 aliphatic heterocycles. The summed E-state index contributed by atoms with van der Waals surface area (Å²) in [6.45, 7) is 1.61. The van der Waals surface area contributed by atoms with Gasteiger partial charge >= 0.3 is 6.18 Å². The number of nitrogens with zero attached hydrogens (tertiary/aromatic N) is 2. The zero-order valence-electron chi connectivity index (χ0n) is 16.1. The number of hydrogen-bond donors (Lipinski definition) is 2. The maximum atomic E-state index is 14.3. The molecule has 1 saturated carbocycles. The molecule has 1 spiro atoms. The molecule has 2 aliphatic carbocycles. The normalized spacial score (nSPS) is 24.7. The number of aryl methyl sites for hydroxylation is 1. The van der Waals surface area contributed by atoms with Crippen LogP contribution in [0.25, 0.3) is 10.9 Å². The first-order valence-electron chi connectivity index (χ1n) is 9.72. The van der Waals surface area contributed by atoms with Gasteiger partial charge in [-0.25, -0.2) is 14.4 Å². The summed E-state index contributed by atoms with van der Waals surface area (Å²) in [6.07, 6.45) is -2.65. The molecule has 1 heterocycles. The number of alkyl halides is 3. The van der Waals surface area contributed by atoms with Crippen molar-refractivity contribution in [1.82, 2.24) is 9.97 Å². The summed E-state index contributed by atoms with van der Waals surface area (Å²) in [6, 6.07) is 7.99. The first-order valence-corrected chi connectivity index (χ1v) is 9.72. The molecule has 2 unspecified atom stereocenters. The summed E-state index contributed by atoms with van der Waals surface area (Å²) >= 11 is 0. The standard InChI is InChI=1S/C22H19F4N3O/c1-12-27-10-14-17(7-6-16(23)18(14)28-12)29-19-13-4-2-3-5-15(13)20(8-9-20)11-21(19,30)22(24,25)26/h2-7,10,19,29-30H,8-9,11H2,1H3. The van der Waals surface area contributed by atoms with Crippen molar-refractivity contribution < 1.29 is 22.7 Å². The molecule has 4 nitrogen and oxygen atoms in total. The largest absolute Gasteiger partial charge is 0.419 e. The van der Waals surface area contributed by atoms with Crippen LogP contribution >= 0.6 is 0 Å². The second-order valence-corrected chi connectivity index (χ2v) is 8.32. The third kappa shape index (κ3) is 2.70. The van der Waals surface area contributed by atoms with Gasteiger partial charge < -0.3 is 10.4 Å². The van der Waals surface area contributed by atoms with Crippen LogP contribution in [0.5, 0.6) is 0 Å². The van der Waals surface area contributed by atoms with E-state index in [1.807, 2.05) is 6.07 Å². The van der Waals surface area contributed by atoms with Crippen LogP contribution in [-0.4, -0.2) is 26.9 Å². The lowest BCUT2D eigenvalue weighted by Gasteiger charge is -2.46. The molecule has 30 heavy (non-hydrogen) atoms. The highest BCUT2D eigenvalue weighted by molar-refractivity contribution is 5.91. The van der Waals surface area contributed by atoms with E-state index in [9.17, 15) is 22.7 Å². The number of halogens is 4. The Labute approximate surface area is 170 Å². The predicted molar refractivity (Wildman–Crippen MR) is 104 cm³/mol. The van der Waals surface area contributed by atoms with Crippen LogP contribution in [0.15, 0.2) is 42.6 Å². The van der Waals surface area contributed by atoms with E-state index in [0.29, 0.717) is 24.2 Å². The van der Waals surface area contributed by atoms with Gasteiger partial charge in [0.15, 0.2) is 5.60 Å². The predicted octanol–water partition coefficient (Wildman–Crippen LogP) is 4.96. The Morgan fingerprint density at radius 2 is 1.87 bits per heavy atom. The Kier molecular flexibility index (Phi) is 3.93. The third-order valence-electron chi connectivity index (χ3n) is 6.39. The first-order chi connectivity index (χ1) is 14.1. The van der Waals surface area contributed by atoms with Crippen molar-refractivity contribution in [2.45, 2.75) is 49.4 Å². The van der Waals surface area contributed by atoms with Crippen molar-refractivity contribution in [3.63, 3.8) is 0 Å². The molecule has 0 bridgehead atoms. The second-order valence-electron chi connectivity index (χ2n) is 8.32. The molecular weight excluding hydrogens is 398 g/mol. The summed E-state index contributed by atoms with van der Waals surface area (Å²) < 4.78 is 56.9. The highest BCUT2D eigenvalue weighted by Gasteiger charge is 2.67. The maximum Gasteiger partial charge on any atom is 0.419 e. The molecule has 2 atom stereocenters. The minimum absolute atomic E-state index is 0.0193. The van der Waals surface area contributed by atoms with Crippen molar-refractivity contribution in [3.05, 3.63) is 65.4 Å². The molecule has 8 heteroatoms. The average molecular weight is 417 g/mol. The van der Waals surface area contributed by atoms with Crippen molar-refractivity contribution in [1.29, 1.82) is 0 Å². The number of fused-ring (bicyclic) bond motifs is 3. The molecule has 3 aromatic rings. The fourth-order valence-corrected chi connectivity index (χ4v) is 4.72. The monoisotopic (exact) mass is 417 g/mol. The summed E-state index contributed by atoms with van der Waals surface area (Å²) in [4.78, 5) is 8.14. The fourth-order valence-electron chi connectivity index (χ4n) is 4.72. The van der Waals surface area contributed by atoms with Crippen LogP contribution in [0.1, 0.15) is 42.3 Å². The molecule has 1 aromatic heterocycles. The molecule has 5 rings (SSSR count). The van der Waals surface area contributed by atoms with Gasteiger partial charge in [0.25, 0.3) is 0 Å². The van der Waals surface area contributed by atoms with E-state index in [-0.39, 0.29) is 16.6 Å². The van der Waals surface area contributed by atoms with Crippen molar-refractivity contribution >= 4 is 16.6 Å². The van der Waals surface area contributed by atoms with E-state index in [2.05, 4.69) is 15.3 Å². The topological polar surface area (TPSA) is 58.0 Å². The van der Waals surface area contributed by atoms with Crippen LogP contribution < -0.4 is 5.32 Å². The van der Waals surface area contributed by atoms with Crippen molar-refractivity contribution in [3.8, 4) is 0 Å². The highest BCUT2D eigenvalue weighted by Crippen LogP contribution is 2.63. The lowest BCUT2D eigenvalue weighted by molar-refractivity contribution is -0.273. The van der Waals surface area contributed by atoms with Gasteiger partial charge in [-0.15, -0.1) is 0 Å². The minimum Gasteiger partial charge on any atom is -0.379 e. The van der Waals surface area contributed by atoms with Crippen molar-refractivity contribution in [2.75, 3.05) is 5.32 Å². The van der Waals surface area contributed by atoms with Crippen LogP contribution in [0.3, 0.4) is 0 Å². The molecule has 2 N–H and O–H groups in total. The van der Waals surface area contributed by atoms with E-state index in [0.717, 1.165) is 11.6 Å². The summed E-state index contributed by atoms with van der Waals surface area (Å²) in [7, 11) is 0. The Morgan fingerprint density at radius 1 is 1.13 bits per heavy atom. The number of hydrogen-bond acceptors (Lipinski definition) is 4. The Bertz CT molecular complexity index is 1160. The van der Waals surface area contributed by atoms with E-state index >= 15 is 0 Å². The molecule has 0 radical (unpaired) electrons. The highest BCUT2D eigenvalue weighted by atomic mass is 19.4. The lowest BCUT2D eigenvalue weighted by atomic mass is 9.68. The molecule has 1 fully saturated rings. The Balaban J connectivity index is 1.69. The maximum absolute atomic E-state index is 14.3. The van der Waals surface area contributed by atoms with Gasteiger partial charge in [-0.3, -0.25) is 0 Å². The van der Waals surface area contributed by atoms with E-state index in [4.69, 9.17) is 0 Å². The van der Waals surface area contributed by atoms with E-state index in [1.165, 1.54) is 12.3 Å². The van der Waals surface area contributed by atoms with Crippen LogP contribution in [0, 0.1) is 12.7 Å². The minimum atomic E-state index is -4.85. The van der Waals surface area contributed by atoms with Gasteiger partial charge in [0.1, 0.15) is 17.2 Å². The number of nitrogens with one attached hydrogen (secondary N) is 1. The van der Waals surface area contributed by atoms with Crippen LogP contribution in [0.2, 0.25) is 0 Å². The molecule has 156 valence electrons. The number of aromatic nitrogens is 2. The number of benzene rings is 2. The van der Waals surface area contributed by atoms with Crippen LogP contribution in [-0.2, 0) is 5.41 Å². The third-order valence-corrected chi connectivity index (χ3v) is 6.39. The van der Waals surface area contributed by atoms with Gasteiger partial charge in [-0.2, -0.15) is 13.2 Å². The summed E-state index contributed by atoms with van der Waals surface area (Å²) in [5, 5.41) is 14.2. The lowest BCUT2D eigenvalue weighted by Crippen LogP contribution is -2.57. The number of aliphatic hydroxyl groups is 1. The Morgan fingerprint density at radius 3 is 2.57 bits per heavy atom. The van der Waals surface area contributed by atoms with Gasteiger partial charge in [-0.1, -0.05) is 24.3 Å². The summed E-state index contributed by atoms with van der Waals surface area (Å²) in [5.74, 6) is -0.239. The van der Waals surface area contributed by atoms with E-state index < -0.39 is 35.5 Å². The van der Waals surface area contributed by atoms with Crippen molar-refractivity contribution in [2.24, 2.45) is 0 Å². The van der Waals surface area contributed by atoms with Gasteiger partial charge in [0, 0.05) is 17.3 Å². The molecule has 0 saturated heterocycles. The Hall–Kier alpha value is -2.74. The zero-order valence-corrected chi connectivity index (χ0v) is 16.1. The van der Waals surface area contributed by atoms with Gasteiger partial charge in [0.05, 0.1) is 6.04 Å². The van der Waals surface area contributed by atoms with Crippen LogP contribution in [0.4, 0.5) is 23.2 Å². The average Bonchev–Trinajstić information content (AvgIpc) is 3.46. The molecule has 2 aliphatic rings. The van der Waals surface area contributed by atoms with Gasteiger partial charge in [-0.05, 0) is 54.9 Å². The summed E-state index contributed by atoms with van der Waals surface area (Å²) in [5.41, 5.74) is -2.12. The smallest absolute Gasteiger partial charge is 0.379 e. The fraction of sp³-hybridized carbons (Fsp3) is 0.364. The molecule has 2 aromatic carbocycles. The zero-order chi connectivity index (χ0) is 21.3. The second kappa shape index (κ2) is 6.14. The first kappa shape index (κ1) is 19.2. The quantitative estimate of drug-likeness (QED) is 0.579. The van der Waals surface area contributed by atoms with Gasteiger partial charge in [0.2, 0.25) is 0 Å². The molecule has 0 amide bonds. The molecular formula is C22H19F4N3O. The SMILES string of the molecule is Cc1ncc2c(NC3c4ccccc4C4(CC4)CC3(O)C(F)(F)F)ccc(F)c2n1. The van der Waals surface area contributed by atoms with E-state index in [1.54, 1.807) is 25.1 Å². The number of anilines is 1. The number of rotatable bonds is 2.